The van der Waals surface area contributed by atoms with E-state index >= 15 is 0 Å². The molecule has 2 heterocycles. The van der Waals surface area contributed by atoms with Crippen LogP contribution in [0.5, 0.6) is 0 Å². The Labute approximate surface area is 108 Å². The lowest BCUT2D eigenvalue weighted by Crippen LogP contribution is -2.21. The predicted molar refractivity (Wildman–Crippen MR) is 70.8 cm³/mol. The number of nitrogens with one attached hydrogen (secondary N) is 1. The van der Waals surface area contributed by atoms with E-state index in [4.69, 9.17) is 11.6 Å². The SMILES string of the molecule is CC(Nc1cnn(C)c(=O)c1Cl)c1ccsc1. The third-order valence-electron chi connectivity index (χ3n) is 2.49. The highest BCUT2D eigenvalue weighted by atomic mass is 35.5. The highest BCUT2D eigenvalue weighted by Gasteiger charge is 2.11. The molecule has 0 fully saturated rings. The molecule has 0 aliphatic carbocycles. The molecule has 0 saturated heterocycles. The second kappa shape index (κ2) is 4.89. The number of aromatic nitrogens is 2. The van der Waals surface area contributed by atoms with Crippen molar-refractivity contribution in [3.8, 4) is 0 Å². The Morgan fingerprint density at radius 1 is 1.59 bits per heavy atom. The number of aryl methyl sites for hydroxylation is 1. The van der Waals surface area contributed by atoms with Crippen LogP contribution in [-0.4, -0.2) is 9.78 Å². The van der Waals surface area contributed by atoms with E-state index in [0.29, 0.717) is 5.69 Å². The fraction of sp³-hybridized carbons (Fsp3) is 0.273. The zero-order chi connectivity index (χ0) is 12.4. The molecule has 0 saturated carbocycles. The summed E-state index contributed by atoms with van der Waals surface area (Å²) in [6.07, 6.45) is 1.56. The van der Waals surface area contributed by atoms with Gasteiger partial charge in [0.25, 0.3) is 5.56 Å². The van der Waals surface area contributed by atoms with Crippen LogP contribution in [-0.2, 0) is 7.05 Å². The van der Waals surface area contributed by atoms with Crippen molar-refractivity contribution in [2.45, 2.75) is 13.0 Å². The van der Waals surface area contributed by atoms with Crippen molar-refractivity contribution in [2.75, 3.05) is 5.32 Å². The molecule has 0 aliphatic rings. The zero-order valence-corrected chi connectivity index (χ0v) is 11.0. The van der Waals surface area contributed by atoms with E-state index in [1.807, 2.05) is 18.4 Å². The van der Waals surface area contributed by atoms with Gasteiger partial charge in [0, 0.05) is 13.1 Å². The zero-order valence-electron chi connectivity index (χ0n) is 9.48. The minimum absolute atomic E-state index is 0.0904. The molecule has 0 amide bonds. The fourth-order valence-corrected chi connectivity index (χ4v) is 2.43. The lowest BCUT2D eigenvalue weighted by Gasteiger charge is -2.14. The minimum atomic E-state index is -0.297. The summed E-state index contributed by atoms with van der Waals surface area (Å²) in [5.74, 6) is 0. The van der Waals surface area contributed by atoms with E-state index in [1.165, 1.54) is 4.68 Å². The molecule has 2 rings (SSSR count). The number of hydrogen-bond donors (Lipinski definition) is 1. The molecule has 2 aromatic rings. The molecule has 1 atom stereocenters. The number of nitrogens with zero attached hydrogens (tertiary/aromatic N) is 2. The van der Waals surface area contributed by atoms with Crippen molar-refractivity contribution in [2.24, 2.45) is 7.05 Å². The summed E-state index contributed by atoms with van der Waals surface area (Å²) in [5, 5.41) is 11.4. The van der Waals surface area contributed by atoms with Crippen molar-refractivity contribution in [3.05, 3.63) is 44.0 Å². The van der Waals surface area contributed by atoms with Crippen LogP contribution >= 0.6 is 22.9 Å². The Bertz CT molecular complexity index is 565. The smallest absolute Gasteiger partial charge is 0.287 e. The third-order valence-corrected chi connectivity index (χ3v) is 3.56. The van der Waals surface area contributed by atoms with E-state index in [2.05, 4.69) is 15.8 Å². The standard InChI is InChI=1S/C11H12ClN3OS/c1-7(8-3-4-17-6-8)14-9-5-13-15(2)11(16)10(9)12/h3-7,14H,1-2H3. The quantitative estimate of drug-likeness (QED) is 0.932. The van der Waals surface area contributed by atoms with Gasteiger partial charge in [0.05, 0.1) is 11.9 Å². The predicted octanol–water partition coefficient (Wildman–Crippen LogP) is 2.67. The highest BCUT2D eigenvalue weighted by Crippen LogP contribution is 2.23. The number of anilines is 1. The van der Waals surface area contributed by atoms with Crippen LogP contribution in [0.25, 0.3) is 0 Å². The van der Waals surface area contributed by atoms with Gasteiger partial charge in [-0.2, -0.15) is 16.4 Å². The van der Waals surface area contributed by atoms with E-state index in [0.717, 1.165) is 5.56 Å². The summed E-state index contributed by atoms with van der Waals surface area (Å²) in [5.41, 5.74) is 1.43. The van der Waals surface area contributed by atoms with Crippen LogP contribution in [0.3, 0.4) is 0 Å². The van der Waals surface area contributed by atoms with Crippen LogP contribution in [0.2, 0.25) is 5.02 Å². The summed E-state index contributed by atoms with van der Waals surface area (Å²) in [6.45, 7) is 2.01. The highest BCUT2D eigenvalue weighted by molar-refractivity contribution is 7.07. The van der Waals surface area contributed by atoms with Gasteiger partial charge in [-0.05, 0) is 29.3 Å². The molecule has 6 heteroatoms. The minimum Gasteiger partial charge on any atom is -0.376 e. The van der Waals surface area contributed by atoms with E-state index in [9.17, 15) is 4.79 Å². The molecule has 1 unspecified atom stereocenters. The molecular weight excluding hydrogens is 258 g/mol. The summed E-state index contributed by atoms with van der Waals surface area (Å²) in [6, 6.07) is 2.12. The summed E-state index contributed by atoms with van der Waals surface area (Å²) < 4.78 is 1.21. The normalized spacial score (nSPS) is 12.4. The average molecular weight is 270 g/mol. The maximum atomic E-state index is 11.6. The van der Waals surface area contributed by atoms with Crippen molar-refractivity contribution < 1.29 is 0 Å². The molecule has 0 bridgehead atoms. The van der Waals surface area contributed by atoms with Crippen LogP contribution in [0.1, 0.15) is 18.5 Å². The van der Waals surface area contributed by atoms with Gasteiger partial charge in [0.15, 0.2) is 0 Å². The maximum Gasteiger partial charge on any atom is 0.287 e. The number of rotatable bonds is 3. The van der Waals surface area contributed by atoms with Crippen molar-refractivity contribution >= 4 is 28.6 Å². The summed E-state index contributed by atoms with van der Waals surface area (Å²) >= 11 is 7.60. The molecule has 0 spiro atoms. The Morgan fingerprint density at radius 2 is 2.35 bits per heavy atom. The van der Waals surface area contributed by atoms with Gasteiger partial charge in [-0.3, -0.25) is 4.79 Å². The van der Waals surface area contributed by atoms with Gasteiger partial charge in [-0.15, -0.1) is 0 Å². The molecule has 0 radical (unpaired) electrons. The summed E-state index contributed by atoms with van der Waals surface area (Å²) in [4.78, 5) is 11.6. The maximum absolute atomic E-state index is 11.6. The van der Waals surface area contributed by atoms with Crippen LogP contribution in [0, 0.1) is 0 Å². The third kappa shape index (κ3) is 2.50. The molecule has 17 heavy (non-hydrogen) atoms. The number of hydrogen-bond acceptors (Lipinski definition) is 4. The van der Waals surface area contributed by atoms with Crippen LogP contribution in [0.15, 0.2) is 27.8 Å². The van der Waals surface area contributed by atoms with Gasteiger partial charge < -0.3 is 5.32 Å². The monoisotopic (exact) mass is 269 g/mol. The largest absolute Gasteiger partial charge is 0.376 e. The second-order valence-electron chi connectivity index (χ2n) is 3.72. The Morgan fingerprint density at radius 3 is 3.00 bits per heavy atom. The molecule has 0 aliphatic heterocycles. The average Bonchev–Trinajstić information content (AvgIpc) is 2.83. The first-order chi connectivity index (χ1) is 8.09. The first kappa shape index (κ1) is 12.1. The lowest BCUT2D eigenvalue weighted by atomic mass is 10.2. The molecule has 1 N–H and O–H groups in total. The van der Waals surface area contributed by atoms with Crippen LogP contribution < -0.4 is 10.9 Å². The Kier molecular flexibility index (Phi) is 3.49. The molecule has 4 nitrogen and oxygen atoms in total. The van der Waals surface area contributed by atoms with Gasteiger partial charge in [0.1, 0.15) is 5.02 Å². The topological polar surface area (TPSA) is 46.9 Å². The van der Waals surface area contributed by atoms with Gasteiger partial charge in [-0.25, -0.2) is 4.68 Å². The van der Waals surface area contributed by atoms with E-state index in [1.54, 1.807) is 24.6 Å². The number of halogens is 1. The first-order valence-corrected chi connectivity index (χ1v) is 6.42. The molecule has 0 aromatic carbocycles. The van der Waals surface area contributed by atoms with Crippen molar-refractivity contribution in [3.63, 3.8) is 0 Å². The van der Waals surface area contributed by atoms with Crippen molar-refractivity contribution in [1.29, 1.82) is 0 Å². The first-order valence-electron chi connectivity index (χ1n) is 5.10. The van der Waals surface area contributed by atoms with Crippen LogP contribution in [0.4, 0.5) is 5.69 Å². The van der Waals surface area contributed by atoms with Gasteiger partial charge in [-0.1, -0.05) is 11.6 Å². The second-order valence-corrected chi connectivity index (χ2v) is 4.88. The van der Waals surface area contributed by atoms with E-state index in [-0.39, 0.29) is 16.6 Å². The fourth-order valence-electron chi connectivity index (χ4n) is 1.45. The number of thiophene rings is 1. The Hall–Kier alpha value is -1.33. The van der Waals surface area contributed by atoms with Crippen molar-refractivity contribution in [1.82, 2.24) is 9.78 Å². The summed E-state index contributed by atoms with van der Waals surface area (Å²) in [7, 11) is 1.57. The lowest BCUT2D eigenvalue weighted by molar-refractivity contribution is 0.706. The Balaban J connectivity index is 2.25. The molecule has 90 valence electrons. The van der Waals surface area contributed by atoms with Gasteiger partial charge >= 0.3 is 0 Å². The van der Waals surface area contributed by atoms with E-state index < -0.39 is 0 Å². The molecule has 2 aromatic heterocycles. The molecular formula is C11H12ClN3OS. The van der Waals surface area contributed by atoms with Gasteiger partial charge in [0.2, 0.25) is 0 Å².